The van der Waals surface area contributed by atoms with Crippen LogP contribution in [0.2, 0.25) is 0 Å². The smallest absolute Gasteiger partial charge is 0.310 e. The summed E-state index contributed by atoms with van der Waals surface area (Å²) >= 11 is 0. The zero-order valence-electron chi connectivity index (χ0n) is 10.7. The van der Waals surface area contributed by atoms with E-state index in [4.69, 9.17) is 0 Å². The third-order valence-corrected chi connectivity index (χ3v) is 4.80. The molecular weight excluding hydrogens is 200 g/mol. The summed E-state index contributed by atoms with van der Waals surface area (Å²) in [5, 5.41) is 9.36. The summed E-state index contributed by atoms with van der Waals surface area (Å²) in [7, 11) is 0. The van der Waals surface area contributed by atoms with Gasteiger partial charge in [-0.15, -0.1) is 0 Å². The highest BCUT2D eigenvalue weighted by Gasteiger charge is 2.53. The molecule has 0 amide bonds. The Morgan fingerprint density at radius 1 is 1.50 bits per heavy atom. The fraction of sp³-hybridized carbons (Fsp3) is 0.786. The lowest BCUT2D eigenvalue weighted by atomic mass is 9.47. The van der Waals surface area contributed by atoms with Gasteiger partial charge in [-0.1, -0.05) is 39.3 Å². The summed E-state index contributed by atoms with van der Waals surface area (Å²) < 4.78 is 0. The van der Waals surface area contributed by atoms with Crippen LogP contribution in [0.4, 0.5) is 0 Å². The van der Waals surface area contributed by atoms with Crippen molar-refractivity contribution in [1.29, 1.82) is 0 Å². The van der Waals surface area contributed by atoms with Gasteiger partial charge in [0.25, 0.3) is 0 Å². The van der Waals surface area contributed by atoms with Crippen molar-refractivity contribution in [3.05, 3.63) is 11.6 Å². The van der Waals surface area contributed by atoms with Gasteiger partial charge < -0.3 is 5.11 Å². The van der Waals surface area contributed by atoms with Crippen molar-refractivity contribution in [1.82, 2.24) is 0 Å². The molecule has 2 bridgehead atoms. The van der Waals surface area contributed by atoms with Crippen molar-refractivity contribution in [2.75, 3.05) is 0 Å². The first-order chi connectivity index (χ1) is 7.35. The van der Waals surface area contributed by atoms with Crippen molar-refractivity contribution < 1.29 is 9.90 Å². The third-order valence-electron chi connectivity index (χ3n) is 4.80. The van der Waals surface area contributed by atoms with Crippen molar-refractivity contribution in [2.24, 2.45) is 29.1 Å². The van der Waals surface area contributed by atoms with Gasteiger partial charge in [-0.2, -0.15) is 0 Å². The highest BCUT2D eigenvalue weighted by atomic mass is 16.4. The van der Waals surface area contributed by atoms with Crippen LogP contribution in [0.5, 0.6) is 0 Å². The average Bonchev–Trinajstić information content (AvgIpc) is 2.16. The Balaban J connectivity index is 2.27. The van der Waals surface area contributed by atoms with Crippen LogP contribution in [0.15, 0.2) is 11.6 Å². The normalized spacial score (nSPS) is 32.9. The van der Waals surface area contributed by atoms with Crippen LogP contribution in [0.1, 0.15) is 40.5 Å². The minimum Gasteiger partial charge on any atom is -0.481 e. The van der Waals surface area contributed by atoms with Gasteiger partial charge in [0.1, 0.15) is 0 Å². The molecule has 0 heterocycles. The van der Waals surface area contributed by atoms with Gasteiger partial charge in [0.05, 0.1) is 5.92 Å². The molecule has 1 saturated carbocycles. The number of hydrogen-bond donors (Lipinski definition) is 1. The summed E-state index contributed by atoms with van der Waals surface area (Å²) in [6, 6.07) is 0. The predicted molar refractivity (Wildman–Crippen MR) is 64.0 cm³/mol. The third kappa shape index (κ3) is 1.50. The van der Waals surface area contributed by atoms with Gasteiger partial charge in [-0.05, 0) is 36.0 Å². The van der Waals surface area contributed by atoms with Crippen molar-refractivity contribution in [3.63, 3.8) is 0 Å². The number of carbonyl (C=O) groups is 1. The molecule has 0 aliphatic heterocycles. The zero-order chi connectivity index (χ0) is 12.1. The maximum Gasteiger partial charge on any atom is 0.310 e. The largest absolute Gasteiger partial charge is 0.481 e. The van der Waals surface area contributed by atoms with E-state index in [-0.39, 0.29) is 11.8 Å². The van der Waals surface area contributed by atoms with E-state index < -0.39 is 5.97 Å². The Morgan fingerprint density at radius 3 is 2.50 bits per heavy atom. The number of carboxylic acid groups (broad SMARTS) is 1. The zero-order valence-corrected chi connectivity index (χ0v) is 10.7. The van der Waals surface area contributed by atoms with Crippen LogP contribution in [-0.4, -0.2) is 11.1 Å². The van der Waals surface area contributed by atoms with Crippen LogP contribution in [0, 0.1) is 29.1 Å². The Morgan fingerprint density at radius 2 is 2.12 bits per heavy atom. The van der Waals surface area contributed by atoms with E-state index in [9.17, 15) is 9.90 Å². The summed E-state index contributed by atoms with van der Waals surface area (Å²) in [4.78, 5) is 11.4. The quantitative estimate of drug-likeness (QED) is 0.744. The van der Waals surface area contributed by atoms with E-state index in [0.29, 0.717) is 11.3 Å². The lowest BCUT2D eigenvalue weighted by Crippen LogP contribution is -2.50. The molecular formula is C14H22O2. The molecule has 3 unspecified atom stereocenters. The van der Waals surface area contributed by atoms with Crippen LogP contribution >= 0.6 is 0 Å². The Labute approximate surface area is 97.7 Å². The standard InChI is InChI=1S/C14H22O2/c1-8(2)12(13(15)16)10-6-5-9-7-11(10)14(9,3)4/h6,8-9,11-12H,5,7H2,1-4H3,(H,15,16). The Hall–Kier alpha value is -0.790. The topological polar surface area (TPSA) is 37.3 Å². The fourth-order valence-electron chi connectivity index (χ4n) is 3.56. The maximum atomic E-state index is 11.4. The average molecular weight is 222 g/mol. The second kappa shape index (κ2) is 3.61. The molecule has 0 radical (unpaired) electrons. The van der Waals surface area contributed by atoms with Gasteiger partial charge >= 0.3 is 5.97 Å². The molecule has 90 valence electrons. The molecule has 0 saturated heterocycles. The number of hydrogen-bond acceptors (Lipinski definition) is 1. The van der Waals surface area contributed by atoms with Gasteiger partial charge in [0.15, 0.2) is 0 Å². The molecule has 0 spiro atoms. The highest BCUT2D eigenvalue weighted by Crippen LogP contribution is 2.60. The molecule has 0 aromatic heterocycles. The molecule has 3 aliphatic carbocycles. The van der Waals surface area contributed by atoms with E-state index in [0.717, 1.165) is 12.3 Å². The minimum atomic E-state index is -0.651. The van der Waals surface area contributed by atoms with Crippen molar-refractivity contribution >= 4 is 5.97 Å². The fourth-order valence-corrected chi connectivity index (χ4v) is 3.56. The minimum absolute atomic E-state index is 0.191. The summed E-state index contributed by atoms with van der Waals surface area (Å²) in [5.41, 5.74) is 1.53. The van der Waals surface area contributed by atoms with Crippen LogP contribution < -0.4 is 0 Å². The Kier molecular flexibility index (Phi) is 2.64. The molecule has 1 fully saturated rings. The lowest BCUT2D eigenvalue weighted by molar-refractivity contribution is -0.143. The number of carboxylic acids is 1. The summed E-state index contributed by atoms with van der Waals surface area (Å²) in [6.07, 6.45) is 4.49. The molecule has 0 aromatic rings. The highest BCUT2D eigenvalue weighted by molar-refractivity contribution is 5.74. The molecule has 2 heteroatoms. The van der Waals surface area contributed by atoms with Gasteiger partial charge in [0, 0.05) is 0 Å². The second-order valence-corrected chi connectivity index (χ2v) is 6.31. The van der Waals surface area contributed by atoms with Crippen molar-refractivity contribution in [2.45, 2.75) is 40.5 Å². The first kappa shape index (κ1) is 11.7. The lowest BCUT2D eigenvalue weighted by Gasteiger charge is -2.57. The van der Waals surface area contributed by atoms with E-state index in [1.807, 2.05) is 13.8 Å². The number of rotatable bonds is 3. The van der Waals surface area contributed by atoms with Crippen molar-refractivity contribution in [3.8, 4) is 0 Å². The SMILES string of the molecule is CC(C)C(C(=O)O)C1=CCC2CC1C2(C)C. The summed E-state index contributed by atoms with van der Waals surface area (Å²) in [5.74, 6) is 0.558. The van der Waals surface area contributed by atoms with E-state index in [1.165, 1.54) is 12.0 Å². The number of fused-ring (bicyclic) bond motifs is 1. The molecule has 3 aliphatic rings. The number of allylic oxidation sites excluding steroid dienone is 1. The predicted octanol–water partition coefficient (Wildman–Crippen LogP) is 3.34. The molecule has 0 aromatic carbocycles. The van der Waals surface area contributed by atoms with Crippen LogP contribution in [0.3, 0.4) is 0 Å². The Bertz CT molecular complexity index is 339. The van der Waals surface area contributed by atoms with Crippen LogP contribution in [0.25, 0.3) is 0 Å². The van der Waals surface area contributed by atoms with E-state index in [2.05, 4.69) is 19.9 Å². The molecule has 3 atom stereocenters. The van der Waals surface area contributed by atoms with E-state index in [1.54, 1.807) is 0 Å². The molecule has 16 heavy (non-hydrogen) atoms. The first-order valence-electron chi connectivity index (χ1n) is 6.28. The van der Waals surface area contributed by atoms with E-state index >= 15 is 0 Å². The molecule has 3 rings (SSSR count). The first-order valence-corrected chi connectivity index (χ1v) is 6.28. The van der Waals surface area contributed by atoms with Crippen LogP contribution in [-0.2, 0) is 4.79 Å². The number of aliphatic carboxylic acids is 1. The van der Waals surface area contributed by atoms with Gasteiger partial charge in [-0.3, -0.25) is 4.79 Å². The van der Waals surface area contributed by atoms with Gasteiger partial charge in [-0.25, -0.2) is 0 Å². The monoisotopic (exact) mass is 222 g/mol. The summed E-state index contributed by atoms with van der Waals surface area (Å²) in [6.45, 7) is 8.60. The molecule has 2 nitrogen and oxygen atoms in total. The second-order valence-electron chi connectivity index (χ2n) is 6.31. The maximum absolute atomic E-state index is 11.4. The molecule has 1 N–H and O–H groups in total. The van der Waals surface area contributed by atoms with Gasteiger partial charge in [0.2, 0.25) is 0 Å².